The molecule has 0 aliphatic heterocycles. The van der Waals surface area contributed by atoms with E-state index in [0.29, 0.717) is 5.56 Å². The van der Waals surface area contributed by atoms with Crippen LogP contribution in [0.2, 0.25) is 0 Å². The lowest BCUT2D eigenvalue weighted by molar-refractivity contribution is 0.485. The van der Waals surface area contributed by atoms with E-state index in [2.05, 4.69) is 22.7 Å². The average Bonchev–Trinajstić information content (AvgIpc) is 2.49. The molecule has 0 aromatic heterocycles. The first-order chi connectivity index (χ1) is 10.9. The summed E-state index contributed by atoms with van der Waals surface area (Å²) in [5.41, 5.74) is 9.08. The molecule has 0 atom stereocenters. The highest BCUT2D eigenvalue weighted by atomic mass is 32.2. The van der Waals surface area contributed by atoms with Crippen molar-refractivity contribution >= 4 is 33.7 Å². The quantitative estimate of drug-likeness (QED) is 0.371. The third kappa shape index (κ3) is 4.76. The van der Waals surface area contributed by atoms with Crippen LogP contribution in [-0.4, -0.2) is 19.7 Å². The minimum absolute atomic E-state index is 0.00641. The van der Waals surface area contributed by atoms with Gasteiger partial charge in [-0.25, -0.2) is 0 Å². The molecule has 2 aromatic rings. The number of hydrazone groups is 1. The van der Waals surface area contributed by atoms with Crippen LogP contribution >= 0.6 is 12.2 Å². The summed E-state index contributed by atoms with van der Waals surface area (Å²) < 4.78 is 29.9. The number of thiocarbonyl (C=S) groups is 1. The zero-order chi connectivity index (χ0) is 16.9. The lowest BCUT2D eigenvalue weighted by atomic mass is 10.2. The fraction of sp³-hybridized carbons (Fsp3) is 0.0667. The van der Waals surface area contributed by atoms with Gasteiger partial charge in [0.2, 0.25) is 0 Å². The average molecular weight is 349 g/mol. The van der Waals surface area contributed by atoms with Crippen LogP contribution in [-0.2, 0) is 10.1 Å². The molecule has 0 radical (unpaired) electrons. The van der Waals surface area contributed by atoms with Crippen molar-refractivity contribution in [3.63, 3.8) is 0 Å². The van der Waals surface area contributed by atoms with Crippen molar-refractivity contribution in [2.75, 3.05) is 0 Å². The molecule has 0 amide bonds. The Morgan fingerprint density at radius 1 is 1.22 bits per heavy atom. The molecule has 3 N–H and O–H groups in total. The van der Waals surface area contributed by atoms with E-state index >= 15 is 0 Å². The summed E-state index contributed by atoms with van der Waals surface area (Å²) in [6.07, 6.45) is 1.37. The molecule has 0 aliphatic carbocycles. The van der Waals surface area contributed by atoms with Gasteiger partial charge in [0.25, 0.3) is 0 Å². The Morgan fingerprint density at radius 3 is 2.52 bits per heavy atom. The Balaban J connectivity index is 2.27. The predicted molar refractivity (Wildman–Crippen MR) is 92.9 cm³/mol. The van der Waals surface area contributed by atoms with Crippen molar-refractivity contribution in [2.45, 2.75) is 11.8 Å². The first kappa shape index (κ1) is 16.9. The molecule has 0 aliphatic rings. The van der Waals surface area contributed by atoms with Crippen LogP contribution in [0, 0.1) is 6.92 Å². The van der Waals surface area contributed by atoms with Crippen LogP contribution in [0.5, 0.6) is 5.75 Å². The Morgan fingerprint density at radius 2 is 1.87 bits per heavy atom. The summed E-state index contributed by atoms with van der Waals surface area (Å²) in [6.45, 7) is 1.87. The summed E-state index contributed by atoms with van der Waals surface area (Å²) in [5.74, 6) is 0.154. The summed E-state index contributed by atoms with van der Waals surface area (Å²) in [4.78, 5) is 0.0797. The van der Waals surface area contributed by atoms with E-state index in [1.54, 1.807) is 30.3 Å². The predicted octanol–water partition coefficient (Wildman–Crippen LogP) is 1.93. The zero-order valence-electron chi connectivity index (χ0n) is 12.3. The fourth-order valence-electron chi connectivity index (χ4n) is 1.70. The zero-order valence-corrected chi connectivity index (χ0v) is 13.9. The van der Waals surface area contributed by atoms with Gasteiger partial charge in [-0.05, 0) is 43.4 Å². The number of nitrogens with one attached hydrogen (secondary N) is 1. The van der Waals surface area contributed by atoms with Crippen LogP contribution in [0.25, 0.3) is 0 Å². The maximum Gasteiger partial charge on any atom is 0.339 e. The molecule has 0 unspecified atom stereocenters. The van der Waals surface area contributed by atoms with Gasteiger partial charge in [0, 0.05) is 5.56 Å². The lowest BCUT2D eigenvalue weighted by Crippen LogP contribution is -2.24. The van der Waals surface area contributed by atoms with E-state index in [9.17, 15) is 8.42 Å². The number of hydrogen-bond acceptors (Lipinski definition) is 5. The Bertz CT molecular complexity index is 831. The Labute approximate surface area is 140 Å². The molecule has 0 heterocycles. The van der Waals surface area contributed by atoms with Gasteiger partial charge >= 0.3 is 10.1 Å². The van der Waals surface area contributed by atoms with E-state index in [4.69, 9.17) is 9.92 Å². The molecular weight excluding hydrogens is 334 g/mol. The van der Waals surface area contributed by atoms with Crippen LogP contribution in [0.1, 0.15) is 11.1 Å². The second-order valence-corrected chi connectivity index (χ2v) is 6.61. The monoisotopic (exact) mass is 349 g/mol. The lowest BCUT2D eigenvalue weighted by Gasteiger charge is -2.09. The van der Waals surface area contributed by atoms with E-state index in [1.165, 1.54) is 24.4 Å². The molecule has 0 spiro atoms. The van der Waals surface area contributed by atoms with Gasteiger partial charge in [-0.15, -0.1) is 0 Å². The molecule has 2 rings (SSSR count). The van der Waals surface area contributed by atoms with Crippen LogP contribution < -0.4 is 15.3 Å². The first-order valence-corrected chi connectivity index (χ1v) is 8.39. The third-order valence-corrected chi connectivity index (χ3v) is 4.15. The van der Waals surface area contributed by atoms with E-state index < -0.39 is 10.1 Å². The van der Waals surface area contributed by atoms with Crippen molar-refractivity contribution in [3.05, 3.63) is 59.7 Å². The minimum atomic E-state index is -3.93. The highest BCUT2D eigenvalue weighted by molar-refractivity contribution is 7.87. The molecule has 0 bridgehead atoms. The van der Waals surface area contributed by atoms with E-state index in [-0.39, 0.29) is 15.8 Å². The maximum atomic E-state index is 12.3. The Kier molecular flexibility index (Phi) is 5.30. The second-order valence-electron chi connectivity index (χ2n) is 4.62. The molecule has 8 heteroatoms. The van der Waals surface area contributed by atoms with Gasteiger partial charge in [0.05, 0.1) is 6.21 Å². The molecule has 0 fully saturated rings. The minimum Gasteiger partial charge on any atom is -0.378 e. The van der Waals surface area contributed by atoms with Crippen LogP contribution in [0.15, 0.2) is 58.5 Å². The summed E-state index contributed by atoms with van der Waals surface area (Å²) in [6, 6.07) is 13.0. The fourth-order valence-corrected chi connectivity index (χ4v) is 2.71. The van der Waals surface area contributed by atoms with E-state index in [0.717, 1.165) is 5.56 Å². The standard InChI is InChI=1S/C15H15N3O3S2/c1-11-6-8-13(9-7-11)23(19,20)21-14-5-3-2-4-12(14)10-17-18-15(16)22/h2-10H,1H3,(H3,16,18,22)/b17-10+. The number of para-hydroxylation sites is 1. The number of nitrogens with two attached hydrogens (primary N) is 1. The SMILES string of the molecule is Cc1ccc(S(=O)(=O)Oc2ccccc2/C=N/NC(N)=S)cc1. The summed E-state index contributed by atoms with van der Waals surface area (Å²) in [7, 11) is -3.93. The molecule has 0 saturated heterocycles. The molecule has 6 nitrogen and oxygen atoms in total. The normalized spacial score (nSPS) is 11.3. The largest absolute Gasteiger partial charge is 0.378 e. The van der Waals surface area contributed by atoms with E-state index in [1.807, 2.05) is 6.92 Å². The van der Waals surface area contributed by atoms with Crippen molar-refractivity contribution in [1.29, 1.82) is 0 Å². The van der Waals surface area contributed by atoms with Gasteiger partial charge in [-0.1, -0.05) is 29.8 Å². The number of hydrogen-bond donors (Lipinski definition) is 2. The van der Waals surface area contributed by atoms with Crippen molar-refractivity contribution in [3.8, 4) is 5.75 Å². The topological polar surface area (TPSA) is 93.8 Å². The third-order valence-electron chi connectivity index (χ3n) is 2.81. The molecular formula is C15H15N3O3S2. The van der Waals surface area contributed by atoms with Gasteiger partial charge < -0.3 is 9.92 Å². The van der Waals surface area contributed by atoms with Gasteiger partial charge in [0.1, 0.15) is 4.90 Å². The first-order valence-electron chi connectivity index (χ1n) is 6.57. The molecule has 120 valence electrons. The molecule has 23 heavy (non-hydrogen) atoms. The Hall–Kier alpha value is -2.45. The number of benzene rings is 2. The van der Waals surface area contributed by atoms with Crippen molar-refractivity contribution < 1.29 is 12.6 Å². The van der Waals surface area contributed by atoms with Gasteiger partial charge in [0.15, 0.2) is 10.9 Å². The van der Waals surface area contributed by atoms with Crippen LogP contribution in [0.3, 0.4) is 0 Å². The van der Waals surface area contributed by atoms with Gasteiger partial charge in [-0.2, -0.15) is 13.5 Å². The van der Waals surface area contributed by atoms with Crippen molar-refractivity contribution in [1.82, 2.24) is 5.43 Å². The van der Waals surface area contributed by atoms with Gasteiger partial charge in [-0.3, -0.25) is 5.43 Å². The molecule has 0 saturated carbocycles. The molecule has 2 aromatic carbocycles. The maximum absolute atomic E-state index is 12.3. The summed E-state index contributed by atoms with van der Waals surface area (Å²) >= 11 is 4.63. The highest BCUT2D eigenvalue weighted by Gasteiger charge is 2.17. The van der Waals surface area contributed by atoms with Crippen LogP contribution in [0.4, 0.5) is 0 Å². The second kappa shape index (κ2) is 7.21. The van der Waals surface area contributed by atoms with Crippen molar-refractivity contribution in [2.24, 2.45) is 10.8 Å². The summed E-state index contributed by atoms with van der Waals surface area (Å²) in [5, 5.41) is 3.81. The number of rotatable bonds is 5. The highest BCUT2D eigenvalue weighted by Crippen LogP contribution is 2.22. The number of aryl methyl sites for hydroxylation is 1. The smallest absolute Gasteiger partial charge is 0.339 e. The number of nitrogens with zero attached hydrogens (tertiary/aromatic N) is 1.